The highest BCUT2D eigenvalue weighted by atomic mass is 32.2. The van der Waals surface area contributed by atoms with E-state index in [1.54, 1.807) is 0 Å². The van der Waals surface area contributed by atoms with Crippen LogP contribution >= 0.6 is 34.9 Å². The molecule has 130 valence electrons. The van der Waals surface area contributed by atoms with Crippen molar-refractivity contribution in [3.05, 3.63) is 0 Å². The normalized spacial score (nSPS) is 13.4. The summed E-state index contributed by atoms with van der Waals surface area (Å²) in [5.41, 5.74) is 0. The van der Waals surface area contributed by atoms with E-state index in [1.807, 2.05) is 27.7 Å². The van der Waals surface area contributed by atoms with Gasteiger partial charge in [-0.25, -0.2) is 0 Å². The molecule has 1 rings (SSSR count). The molecule has 0 aromatic carbocycles. The lowest BCUT2D eigenvalue weighted by Gasteiger charge is -2.10. The lowest BCUT2D eigenvalue weighted by molar-refractivity contribution is -0.120. The number of nitrogens with one attached hydrogen (secondary N) is 2. The lowest BCUT2D eigenvalue weighted by atomic mass is 10.3. The molecule has 6 nitrogen and oxygen atoms in total. The maximum atomic E-state index is 11.7. The minimum atomic E-state index is 0.00156. The standard InChI is InChI=1S/C14H24N4O2S3/c1-5-9(3)15-11(19)7-21-13-17-18-14(23-13)22-8-12(20)16-10(4)6-2/h9-10H,5-8H2,1-4H3,(H,15,19)(H,16,20). The first-order valence-corrected chi connectivity index (χ1v) is 10.4. The zero-order valence-corrected chi connectivity index (χ0v) is 16.4. The van der Waals surface area contributed by atoms with Gasteiger partial charge in [-0.1, -0.05) is 48.7 Å². The van der Waals surface area contributed by atoms with Crippen molar-refractivity contribution in [1.82, 2.24) is 20.8 Å². The summed E-state index contributed by atoms with van der Waals surface area (Å²) in [4.78, 5) is 23.4. The third kappa shape index (κ3) is 8.57. The van der Waals surface area contributed by atoms with Gasteiger partial charge in [-0.3, -0.25) is 9.59 Å². The lowest BCUT2D eigenvalue weighted by Crippen LogP contribution is -2.33. The number of thioether (sulfide) groups is 2. The Hall–Kier alpha value is -0.800. The van der Waals surface area contributed by atoms with Crippen molar-refractivity contribution in [1.29, 1.82) is 0 Å². The molecule has 0 fully saturated rings. The van der Waals surface area contributed by atoms with E-state index in [0.717, 1.165) is 21.5 Å². The second kappa shape index (κ2) is 10.9. The van der Waals surface area contributed by atoms with Gasteiger partial charge in [0, 0.05) is 12.1 Å². The van der Waals surface area contributed by atoms with Gasteiger partial charge in [0.05, 0.1) is 11.5 Å². The Morgan fingerprint density at radius 2 is 1.35 bits per heavy atom. The van der Waals surface area contributed by atoms with Crippen molar-refractivity contribution in [2.45, 2.75) is 61.3 Å². The fourth-order valence-electron chi connectivity index (χ4n) is 1.41. The fourth-order valence-corrected chi connectivity index (χ4v) is 4.05. The maximum absolute atomic E-state index is 11.7. The molecule has 2 N–H and O–H groups in total. The summed E-state index contributed by atoms with van der Waals surface area (Å²) in [6.07, 6.45) is 1.82. The molecule has 0 aliphatic heterocycles. The molecule has 0 saturated heterocycles. The molecule has 0 radical (unpaired) electrons. The molecule has 9 heteroatoms. The van der Waals surface area contributed by atoms with E-state index in [2.05, 4.69) is 20.8 Å². The molecule has 2 atom stereocenters. The van der Waals surface area contributed by atoms with E-state index in [9.17, 15) is 9.59 Å². The van der Waals surface area contributed by atoms with Crippen LogP contribution in [0.4, 0.5) is 0 Å². The maximum Gasteiger partial charge on any atom is 0.230 e. The minimum absolute atomic E-state index is 0.00156. The van der Waals surface area contributed by atoms with Crippen molar-refractivity contribution < 1.29 is 9.59 Å². The highest BCUT2D eigenvalue weighted by molar-refractivity contribution is 8.03. The Balaban J connectivity index is 2.32. The third-order valence-corrected chi connectivity index (χ3v) is 6.27. The van der Waals surface area contributed by atoms with E-state index in [4.69, 9.17) is 0 Å². The predicted molar refractivity (Wildman–Crippen MR) is 97.1 cm³/mol. The summed E-state index contributed by atoms with van der Waals surface area (Å²) >= 11 is 4.15. The molecule has 0 aliphatic carbocycles. The molecule has 1 heterocycles. The van der Waals surface area contributed by atoms with Gasteiger partial charge in [-0.15, -0.1) is 10.2 Å². The number of hydrogen-bond acceptors (Lipinski definition) is 7. The summed E-state index contributed by atoms with van der Waals surface area (Å²) in [5.74, 6) is 0.666. The SMILES string of the molecule is CCC(C)NC(=O)CSc1nnc(SCC(=O)NC(C)CC)s1. The van der Waals surface area contributed by atoms with Crippen molar-refractivity contribution in [3.63, 3.8) is 0 Å². The first-order chi connectivity index (χ1) is 10.9. The van der Waals surface area contributed by atoms with Crippen LogP contribution in [-0.2, 0) is 9.59 Å². The van der Waals surface area contributed by atoms with Gasteiger partial charge < -0.3 is 10.6 Å². The number of aromatic nitrogens is 2. The van der Waals surface area contributed by atoms with Crippen LogP contribution < -0.4 is 10.6 Å². The highest BCUT2D eigenvalue weighted by Crippen LogP contribution is 2.28. The Bertz CT molecular complexity index is 467. The molecule has 1 aromatic heterocycles. The predicted octanol–water partition coefficient (Wildman–Crippen LogP) is 2.55. The first-order valence-electron chi connectivity index (χ1n) is 7.62. The summed E-state index contributed by atoms with van der Waals surface area (Å²) in [5, 5.41) is 13.9. The van der Waals surface area contributed by atoms with Crippen molar-refractivity contribution in [2.24, 2.45) is 0 Å². The van der Waals surface area contributed by atoms with Gasteiger partial charge in [-0.05, 0) is 26.7 Å². The number of hydrogen-bond donors (Lipinski definition) is 2. The van der Waals surface area contributed by atoms with Gasteiger partial charge >= 0.3 is 0 Å². The average Bonchev–Trinajstić information content (AvgIpc) is 2.98. The number of carbonyl (C=O) groups excluding carboxylic acids is 2. The molecule has 0 bridgehead atoms. The Kier molecular flexibility index (Phi) is 9.57. The molecule has 0 aliphatic rings. The molecule has 0 saturated carbocycles. The number of nitrogens with zero attached hydrogens (tertiary/aromatic N) is 2. The third-order valence-electron chi connectivity index (χ3n) is 3.08. The molecule has 1 aromatic rings. The van der Waals surface area contributed by atoms with Crippen LogP contribution in [0.5, 0.6) is 0 Å². The Morgan fingerprint density at radius 3 is 1.70 bits per heavy atom. The van der Waals surface area contributed by atoms with Crippen LogP contribution in [0.3, 0.4) is 0 Å². The molecular weight excluding hydrogens is 352 g/mol. The van der Waals surface area contributed by atoms with Crippen LogP contribution in [0.2, 0.25) is 0 Å². The van der Waals surface area contributed by atoms with Gasteiger partial charge in [0.15, 0.2) is 8.68 Å². The highest BCUT2D eigenvalue weighted by Gasteiger charge is 2.12. The van der Waals surface area contributed by atoms with E-state index >= 15 is 0 Å². The molecule has 2 unspecified atom stereocenters. The molecular formula is C14H24N4O2S3. The van der Waals surface area contributed by atoms with Gasteiger partial charge in [0.2, 0.25) is 11.8 Å². The zero-order chi connectivity index (χ0) is 17.2. The first kappa shape index (κ1) is 20.2. The second-order valence-electron chi connectivity index (χ2n) is 5.16. The molecule has 23 heavy (non-hydrogen) atoms. The number of amides is 2. The number of carbonyl (C=O) groups is 2. The monoisotopic (exact) mass is 376 g/mol. The van der Waals surface area contributed by atoms with Gasteiger partial charge in [0.25, 0.3) is 0 Å². The van der Waals surface area contributed by atoms with Crippen molar-refractivity contribution >= 4 is 46.7 Å². The summed E-state index contributed by atoms with van der Waals surface area (Å²) in [6, 6.07) is 0.375. The quantitative estimate of drug-likeness (QED) is 0.611. The summed E-state index contributed by atoms with van der Waals surface area (Å²) in [6.45, 7) is 8.02. The van der Waals surface area contributed by atoms with Crippen molar-refractivity contribution in [3.8, 4) is 0 Å². The summed E-state index contributed by atoms with van der Waals surface area (Å²) in [7, 11) is 0. The van der Waals surface area contributed by atoms with Crippen LogP contribution in [0.1, 0.15) is 40.5 Å². The van der Waals surface area contributed by atoms with E-state index in [1.165, 1.54) is 34.9 Å². The smallest absolute Gasteiger partial charge is 0.230 e. The largest absolute Gasteiger partial charge is 0.353 e. The summed E-state index contributed by atoms with van der Waals surface area (Å²) < 4.78 is 1.49. The minimum Gasteiger partial charge on any atom is -0.353 e. The van der Waals surface area contributed by atoms with E-state index in [-0.39, 0.29) is 23.9 Å². The van der Waals surface area contributed by atoms with Gasteiger partial charge in [0.1, 0.15) is 0 Å². The topological polar surface area (TPSA) is 84.0 Å². The van der Waals surface area contributed by atoms with Crippen LogP contribution in [0.25, 0.3) is 0 Å². The Morgan fingerprint density at radius 1 is 0.957 bits per heavy atom. The van der Waals surface area contributed by atoms with E-state index in [0.29, 0.717) is 11.5 Å². The van der Waals surface area contributed by atoms with Gasteiger partial charge in [-0.2, -0.15) is 0 Å². The Labute approximate surface area is 150 Å². The van der Waals surface area contributed by atoms with Crippen LogP contribution in [0, 0.1) is 0 Å². The number of rotatable bonds is 10. The average molecular weight is 377 g/mol. The van der Waals surface area contributed by atoms with Crippen molar-refractivity contribution in [2.75, 3.05) is 11.5 Å². The molecule has 0 spiro atoms. The molecule has 2 amide bonds. The zero-order valence-electron chi connectivity index (χ0n) is 13.9. The van der Waals surface area contributed by atoms with E-state index < -0.39 is 0 Å². The fraction of sp³-hybridized carbons (Fsp3) is 0.714. The van der Waals surface area contributed by atoms with Crippen LogP contribution in [-0.4, -0.2) is 45.6 Å². The van der Waals surface area contributed by atoms with Crippen LogP contribution in [0.15, 0.2) is 8.68 Å². The second-order valence-corrected chi connectivity index (χ2v) is 8.59.